The van der Waals surface area contributed by atoms with E-state index in [2.05, 4.69) is 34.0 Å². The number of aryl methyl sites for hydroxylation is 2. The van der Waals surface area contributed by atoms with Gasteiger partial charge in [-0.05, 0) is 32.3 Å². The Hall–Kier alpha value is -1.73. The average molecular weight is 332 g/mol. The quantitative estimate of drug-likeness (QED) is 0.862. The largest absolute Gasteiger partial charge is 0.363 e. The number of rotatable bonds is 1. The minimum Gasteiger partial charge on any atom is -0.363 e. The molecule has 2 aromatic rings. The first kappa shape index (κ1) is 14.8. The Bertz CT molecular complexity index is 753. The number of aromatic nitrogens is 2. The van der Waals surface area contributed by atoms with E-state index in [1.54, 1.807) is 17.7 Å². The molecule has 122 valence electrons. The predicted molar refractivity (Wildman–Crippen MR) is 90.0 cm³/mol. The summed E-state index contributed by atoms with van der Waals surface area (Å²) in [5, 5.41) is 4.12. The van der Waals surface area contributed by atoms with Crippen LogP contribution in [0.5, 0.6) is 0 Å². The molecule has 6 nitrogen and oxygen atoms in total. The van der Waals surface area contributed by atoms with Crippen LogP contribution in [0.4, 0.5) is 5.82 Å². The molecule has 0 aromatic carbocycles. The molecule has 23 heavy (non-hydrogen) atoms. The molecule has 2 aliphatic heterocycles. The fraction of sp³-hybridized carbons (Fsp3) is 0.562. The van der Waals surface area contributed by atoms with E-state index in [0.29, 0.717) is 6.54 Å². The topological polar surface area (TPSA) is 67.4 Å². The van der Waals surface area contributed by atoms with Crippen LogP contribution >= 0.6 is 11.3 Å². The van der Waals surface area contributed by atoms with Crippen LogP contribution in [0.25, 0.3) is 10.2 Å². The first-order valence-electron chi connectivity index (χ1n) is 7.94. The van der Waals surface area contributed by atoms with E-state index in [0.717, 1.165) is 36.6 Å². The number of morpholine rings is 1. The summed E-state index contributed by atoms with van der Waals surface area (Å²) < 4.78 is 5.85. The van der Waals surface area contributed by atoms with Crippen molar-refractivity contribution in [1.82, 2.24) is 15.3 Å². The number of fused-ring (bicyclic) bond motifs is 1. The maximum atomic E-state index is 11.3. The molecule has 0 bridgehead atoms. The van der Waals surface area contributed by atoms with E-state index >= 15 is 0 Å². The molecule has 1 N–H and O–H groups in total. The number of thiophene rings is 1. The Balaban J connectivity index is 1.58. The normalized spacial score (nSPS) is 21.0. The van der Waals surface area contributed by atoms with Gasteiger partial charge in [0.1, 0.15) is 23.6 Å². The van der Waals surface area contributed by atoms with Gasteiger partial charge < -0.3 is 15.0 Å². The van der Waals surface area contributed by atoms with Crippen molar-refractivity contribution in [2.45, 2.75) is 32.3 Å². The Morgan fingerprint density at radius 3 is 2.78 bits per heavy atom. The van der Waals surface area contributed by atoms with E-state index in [9.17, 15) is 4.79 Å². The molecule has 2 aliphatic rings. The van der Waals surface area contributed by atoms with Crippen LogP contribution in [0.1, 0.15) is 23.3 Å². The lowest BCUT2D eigenvalue weighted by atomic mass is 9.90. The van der Waals surface area contributed by atoms with Gasteiger partial charge in [0.2, 0.25) is 5.91 Å². The Kier molecular flexibility index (Phi) is 3.50. The smallest absolute Gasteiger partial charge is 0.246 e. The van der Waals surface area contributed by atoms with Crippen LogP contribution in [0, 0.1) is 13.8 Å². The summed E-state index contributed by atoms with van der Waals surface area (Å²) in [5.41, 5.74) is 1.08. The van der Waals surface area contributed by atoms with Gasteiger partial charge in [0.25, 0.3) is 0 Å². The predicted octanol–water partition coefficient (Wildman–Crippen LogP) is 1.79. The average Bonchev–Trinajstić information content (AvgIpc) is 2.86. The number of piperidine rings is 1. The van der Waals surface area contributed by atoms with Crippen LogP contribution in [0.2, 0.25) is 0 Å². The standard InChI is InChI=1S/C16H20N4O2S/c1-10-11(2)23-15-13(10)14(18-9-19-15)20-5-3-16(4-6-20)8-17-12(21)7-22-16/h9H,3-8H2,1-2H3,(H,17,21). The van der Waals surface area contributed by atoms with Crippen molar-refractivity contribution >= 4 is 33.3 Å². The number of carbonyl (C=O) groups excluding carboxylic acids is 1. The third-order valence-corrected chi connectivity index (χ3v) is 6.15. The van der Waals surface area contributed by atoms with Crippen LogP contribution < -0.4 is 10.2 Å². The van der Waals surface area contributed by atoms with Gasteiger partial charge in [-0.15, -0.1) is 11.3 Å². The van der Waals surface area contributed by atoms with Gasteiger partial charge in [-0.25, -0.2) is 9.97 Å². The van der Waals surface area contributed by atoms with Crippen molar-refractivity contribution in [3.05, 3.63) is 16.8 Å². The summed E-state index contributed by atoms with van der Waals surface area (Å²) in [5.74, 6) is 1.02. The molecule has 2 fully saturated rings. The van der Waals surface area contributed by atoms with Crippen LogP contribution in [0.3, 0.4) is 0 Å². The summed E-state index contributed by atoms with van der Waals surface area (Å²) in [7, 11) is 0. The molecule has 7 heteroatoms. The molecule has 0 saturated carbocycles. The van der Waals surface area contributed by atoms with Gasteiger partial charge in [0.15, 0.2) is 0 Å². The number of nitrogens with one attached hydrogen (secondary N) is 1. The lowest BCUT2D eigenvalue weighted by Gasteiger charge is -2.44. The first-order valence-corrected chi connectivity index (χ1v) is 8.76. The molecule has 4 heterocycles. The number of carbonyl (C=O) groups is 1. The van der Waals surface area contributed by atoms with E-state index in [1.807, 2.05) is 0 Å². The first-order chi connectivity index (χ1) is 11.1. The number of ether oxygens (including phenoxy) is 1. The lowest BCUT2D eigenvalue weighted by Crippen LogP contribution is -2.57. The van der Waals surface area contributed by atoms with Gasteiger partial charge in [0.05, 0.1) is 11.0 Å². The Labute approximate surface area is 138 Å². The van der Waals surface area contributed by atoms with Crippen molar-refractivity contribution < 1.29 is 9.53 Å². The van der Waals surface area contributed by atoms with E-state index in [-0.39, 0.29) is 18.1 Å². The zero-order valence-corrected chi connectivity index (χ0v) is 14.2. The highest BCUT2D eigenvalue weighted by atomic mass is 32.1. The zero-order valence-electron chi connectivity index (χ0n) is 13.4. The molecular weight excluding hydrogens is 312 g/mol. The van der Waals surface area contributed by atoms with Crippen molar-refractivity contribution in [3.8, 4) is 0 Å². The van der Waals surface area contributed by atoms with Crippen LogP contribution in [-0.2, 0) is 9.53 Å². The highest BCUT2D eigenvalue weighted by molar-refractivity contribution is 7.18. The number of hydrogen-bond donors (Lipinski definition) is 1. The summed E-state index contributed by atoms with van der Waals surface area (Å²) in [6, 6.07) is 0. The molecule has 0 radical (unpaired) electrons. The van der Waals surface area contributed by atoms with Crippen LogP contribution in [0.15, 0.2) is 6.33 Å². The van der Waals surface area contributed by atoms with Gasteiger partial charge in [-0.2, -0.15) is 0 Å². The number of anilines is 1. The van der Waals surface area contributed by atoms with E-state index in [4.69, 9.17) is 4.74 Å². The van der Waals surface area contributed by atoms with Crippen molar-refractivity contribution in [2.24, 2.45) is 0 Å². The Morgan fingerprint density at radius 2 is 2.09 bits per heavy atom. The van der Waals surface area contributed by atoms with E-state index in [1.165, 1.54) is 15.8 Å². The SMILES string of the molecule is Cc1sc2ncnc(N3CCC4(CC3)CNC(=O)CO4)c2c1C. The number of amides is 1. The molecule has 0 aliphatic carbocycles. The Morgan fingerprint density at radius 1 is 1.30 bits per heavy atom. The minimum absolute atomic E-state index is 0.0139. The molecule has 2 aromatic heterocycles. The summed E-state index contributed by atoms with van der Waals surface area (Å²) in [4.78, 5) is 25.0. The van der Waals surface area contributed by atoms with Crippen LogP contribution in [-0.4, -0.2) is 47.7 Å². The van der Waals surface area contributed by atoms with Crippen molar-refractivity contribution in [3.63, 3.8) is 0 Å². The third kappa shape index (κ3) is 2.48. The second-order valence-corrected chi connectivity index (χ2v) is 7.60. The zero-order chi connectivity index (χ0) is 16.0. The summed E-state index contributed by atoms with van der Waals surface area (Å²) in [6.45, 7) is 6.85. The van der Waals surface area contributed by atoms with Gasteiger partial charge in [-0.3, -0.25) is 4.79 Å². The molecule has 1 spiro atoms. The number of nitrogens with zero attached hydrogens (tertiary/aromatic N) is 3. The van der Waals surface area contributed by atoms with Gasteiger partial charge >= 0.3 is 0 Å². The molecule has 1 amide bonds. The molecular formula is C16H20N4O2S. The molecule has 4 rings (SSSR count). The van der Waals surface area contributed by atoms with Crippen molar-refractivity contribution in [2.75, 3.05) is 31.1 Å². The van der Waals surface area contributed by atoms with Gasteiger partial charge in [0, 0.05) is 24.5 Å². The molecule has 0 unspecified atom stereocenters. The monoisotopic (exact) mass is 332 g/mol. The maximum absolute atomic E-state index is 11.3. The number of hydrogen-bond acceptors (Lipinski definition) is 6. The second kappa shape index (κ2) is 5.42. The highest BCUT2D eigenvalue weighted by Crippen LogP contribution is 2.37. The van der Waals surface area contributed by atoms with E-state index < -0.39 is 0 Å². The third-order valence-electron chi connectivity index (χ3n) is 5.04. The van der Waals surface area contributed by atoms with Crippen molar-refractivity contribution in [1.29, 1.82) is 0 Å². The molecule has 2 saturated heterocycles. The fourth-order valence-corrected chi connectivity index (χ4v) is 4.42. The maximum Gasteiger partial charge on any atom is 0.246 e. The fourth-order valence-electron chi connectivity index (χ4n) is 3.43. The molecule has 0 atom stereocenters. The van der Waals surface area contributed by atoms with Gasteiger partial charge in [-0.1, -0.05) is 0 Å². The highest BCUT2D eigenvalue weighted by Gasteiger charge is 2.39. The summed E-state index contributed by atoms with van der Waals surface area (Å²) in [6.07, 6.45) is 3.47. The lowest BCUT2D eigenvalue weighted by molar-refractivity contribution is -0.146. The minimum atomic E-state index is -0.198. The summed E-state index contributed by atoms with van der Waals surface area (Å²) >= 11 is 1.73. The second-order valence-electron chi connectivity index (χ2n) is 6.40.